The van der Waals surface area contributed by atoms with Gasteiger partial charge in [-0.2, -0.15) is 0 Å². The highest BCUT2D eigenvalue weighted by atomic mass is 16.5. The highest BCUT2D eigenvalue weighted by Gasteiger charge is 2.15. The van der Waals surface area contributed by atoms with Gasteiger partial charge in [0.25, 0.3) is 0 Å². The number of ether oxygens (including phenoxy) is 3. The Balaban J connectivity index is 2.10. The van der Waals surface area contributed by atoms with Gasteiger partial charge in [0.05, 0.1) is 27.4 Å². The first kappa shape index (κ1) is 23.3. The normalized spacial score (nSPS) is 12.3. The Morgan fingerprint density at radius 3 is 2.37 bits per heavy atom. The zero-order valence-corrected chi connectivity index (χ0v) is 18.5. The molecule has 2 rings (SSSR count). The smallest absolute Gasteiger partial charge is 0.194 e. The molecule has 1 atom stereocenters. The van der Waals surface area contributed by atoms with Crippen LogP contribution in [0.15, 0.2) is 47.5 Å². The Morgan fingerprint density at radius 1 is 1.07 bits per heavy atom. The summed E-state index contributed by atoms with van der Waals surface area (Å²) in [6.45, 7) is 6.23. The van der Waals surface area contributed by atoms with Crippen LogP contribution in [0.4, 0.5) is 0 Å². The summed E-state index contributed by atoms with van der Waals surface area (Å²) in [4.78, 5) is 6.65. The van der Waals surface area contributed by atoms with Crippen molar-refractivity contribution in [1.29, 1.82) is 0 Å². The molecule has 0 spiro atoms. The third kappa shape index (κ3) is 6.56. The summed E-state index contributed by atoms with van der Waals surface area (Å²) in [5.41, 5.74) is 1.78. The van der Waals surface area contributed by atoms with Crippen LogP contribution in [0.1, 0.15) is 31.1 Å². The van der Waals surface area contributed by atoms with E-state index in [4.69, 9.17) is 14.2 Å². The van der Waals surface area contributed by atoms with Crippen LogP contribution in [0.25, 0.3) is 0 Å². The van der Waals surface area contributed by atoms with Crippen molar-refractivity contribution in [2.24, 2.45) is 4.99 Å². The van der Waals surface area contributed by atoms with Gasteiger partial charge < -0.3 is 29.5 Å². The quantitative estimate of drug-likeness (QED) is 0.458. The van der Waals surface area contributed by atoms with Gasteiger partial charge in [-0.1, -0.05) is 12.1 Å². The summed E-state index contributed by atoms with van der Waals surface area (Å²) in [6, 6.07) is 13.4. The maximum atomic E-state index is 10.7. The van der Waals surface area contributed by atoms with Gasteiger partial charge in [0.15, 0.2) is 5.96 Å². The number of hydrogen-bond acceptors (Lipinski definition) is 5. The van der Waals surface area contributed by atoms with Crippen molar-refractivity contribution in [2.45, 2.75) is 26.5 Å². The van der Waals surface area contributed by atoms with E-state index in [0.717, 1.165) is 17.9 Å². The predicted octanol–water partition coefficient (Wildman–Crippen LogP) is 3.23. The van der Waals surface area contributed by atoms with Crippen molar-refractivity contribution < 1.29 is 19.3 Å². The summed E-state index contributed by atoms with van der Waals surface area (Å²) in [6.07, 6.45) is -0.817. The van der Waals surface area contributed by atoms with Crippen LogP contribution in [0, 0.1) is 0 Å². The second-order valence-corrected chi connectivity index (χ2v) is 6.75. The van der Waals surface area contributed by atoms with Crippen molar-refractivity contribution in [2.75, 3.05) is 41.0 Å². The van der Waals surface area contributed by atoms with Crippen LogP contribution in [-0.2, 0) is 6.54 Å². The van der Waals surface area contributed by atoms with Crippen LogP contribution in [0.5, 0.6) is 17.2 Å². The van der Waals surface area contributed by atoms with E-state index >= 15 is 0 Å². The van der Waals surface area contributed by atoms with Crippen molar-refractivity contribution in [3.63, 3.8) is 0 Å². The molecule has 0 fully saturated rings. The number of nitrogens with one attached hydrogen (secondary N) is 1. The van der Waals surface area contributed by atoms with Gasteiger partial charge in [-0.3, -0.25) is 4.99 Å². The molecule has 2 aromatic carbocycles. The monoisotopic (exact) mass is 415 g/mol. The predicted molar refractivity (Wildman–Crippen MR) is 120 cm³/mol. The van der Waals surface area contributed by atoms with Gasteiger partial charge in [0, 0.05) is 25.7 Å². The summed E-state index contributed by atoms with van der Waals surface area (Å²) in [5, 5.41) is 14.0. The molecule has 1 unspecified atom stereocenters. The average molecular weight is 416 g/mol. The lowest BCUT2D eigenvalue weighted by molar-refractivity contribution is 0.181. The van der Waals surface area contributed by atoms with Gasteiger partial charge in [-0.15, -0.1) is 0 Å². The molecule has 30 heavy (non-hydrogen) atoms. The summed E-state index contributed by atoms with van der Waals surface area (Å²) < 4.78 is 16.1. The molecule has 164 valence electrons. The number of benzene rings is 2. The molecule has 0 heterocycles. The standard InChI is InChI=1S/C23H33N3O4/c1-6-24-23(26(3)16-17-8-10-18(11-9-17)30-7-2)25-15-21(27)20-14-19(28-4)12-13-22(20)29-5/h8-14,21,27H,6-7,15-16H2,1-5H3,(H,24,25). The lowest BCUT2D eigenvalue weighted by Crippen LogP contribution is -2.38. The number of methoxy groups -OCH3 is 2. The van der Waals surface area contributed by atoms with Gasteiger partial charge in [0.1, 0.15) is 23.4 Å². The Bertz CT molecular complexity index is 809. The Morgan fingerprint density at radius 2 is 1.77 bits per heavy atom. The lowest BCUT2D eigenvalue weighted by Gasteiger charge is -2.23. The molecule has 0 amide bonds. The molecule has 0 saturated heterocycles. The Kier molecular flexibility index (Phi) is 9.28. The first-order valence-corrected chi connectivity index (χ1v) is 10.1. The molecular formula is C23H33N3O4. The zero-order valence-electron chi connectivity index (χ0n) is 18.5. The number of aliphatic imine (C=N–C) groups is 1. The van der Waals surface area contributed by atoms with E-state index in [1.54, 1.807) is 32.4 Å². The van der Waals surface area contributed by atoms with Gasteiger partial charge in [-0.05, 0) is 49.7 Å². The van der Waals surface area contributed by atoms with Crippen molar-refractivity contribution >= 4 is 5.96 Å². The molecule has 7 nitrogen and oxygen atoms in total. The zero-order chi connectivity index (χ0) is 21.9. The molecule has 0 aliphatic carbocycles. The lowest BCUT2D eigenvalue weighted by atomic mass is 10.1. The van der Waals surface area contributed by atoms with Crippen molar-refractivity contribution in [3.05, 3.63) is 53.6 Å². The van der Waals surface area contributed by atoms with Gasteiger partial charge >= 0.3 is 0 Å². The minimum absolute atomic E-state index is 0.194. The molecule has 2 N–H and O–H groups in total. The molecule has 0 aliphatic heterocycles. The van der Waals surface area contributed by atoms with E-state index < -0.39 is 6.10 Å². The first-order valence-electron chi connectivity index (χ1n) is 10.1. The highest BCUT2D eigenvalue weighted by molar-refractivity contribution is 5.79. The first-order chi connectivity index (χ1) is 14.5. The number of hydrogen-bond donors (Lipinski definition) is 2. The SMILES string of the molecule is CCNC(=NCC(O)c1cc(OC)ccc1OC)N(C)Cc1ccc(OCC)cc1. The fraction of sp³-hybridized carbons (Fsp3) is 0.435. The molecule has 0 bridgehead atoms. The van der Waals surface area contributed by atoms with E-state index in [-0.39, 0.29) is 6.54 Å². The molecule has 0 aliphatic rings. The topological polar surface area (TPSA) is 75.6 Å². The number of guanidine groups is 1. The molecule has 7 heteroatoms. The number of rotatable bonds is 10. The van der Waals surface area contributed by atoms with Gasteiger partial charge in [-0.25, -0.2) is 0 Å². The molecule has 0 saturated carbocycles. The second-order valence-electron chi connectivity index (χ2n) is 6.75. The van der Waals surface area contributed by atoms with Gasteiger partial charge in [0.2, 0.25) is 0 Å². The van der Waals surface area contributed by atoms with Crippen molar-refractivity contribution in [1.82, 2.24) is 10.2 Å². The third-order valence-electron chi connectivity index (χ3n) is 4.56. The highest BCUT2D eigenvalue weighted by Crippen LogP contribution is 2.29. The minimum atomic E-state index is -0.817. The van der Waals surface area contributed by atoms with Crippen LogP contribution < -0.4 is 19.5 Å². The minimum Gasteiger partial charge on any atom is -0.497 e. The van der Waals surface area contributed by atoms with Crippen molar-refractivity contribution in [3.8, 4) is 17.2 Å². The molecular weight excluding hydrogens is 382 g/mol. The fourth-order valence-corrected chi connectivity index (χ4v) is 3.05. The van der Waals surface area contributed by atoms with E-state index in [0.29, 0.717) is 36.2 Å². The number of aliphatic hydroxyl groups is 1. The van der Waals surface area contributed by atoms with E-state index in [9.17, 15) is 5.11 Å². The Labute approximate surface area is 179 Å². The summed E-state index contributed by atoms with van der Waals surface area (Å²) >= 11 is 0. The summed E-state index contributed by atoms with van der Waals surface area (Å²) in [7, 11) is 5.14. The van der Waals surface area contributed by atoms with E-state index in [2.05, 4.69) is 10.3 Å². The van der Waals surface area contributed by atoms with Crippen LogP contribution >= 0.6 is 0 Å². The van der Waals surface area contributed by atoms with Crippen LogP contribution in [0.2, 0.25) is 0 Å². The second kappa shape index (κ2) is 11.9. The molecule has 2 aromatic rings. The maximum absolute atomic E-state index is 10.7. The summed E-state index contributed by atoms with van der Waals surface area (Å²) in [5.74, 6) is 2.84. The van der Waals surface area contributed by atoms with E-state index in [1.807, 2.05) is 50.1 Å². The third-order valence-corrected chi connectivity index (χ3v) is 4.56. The fourth-order valence-electron chi connectivity index (χ4n) is 3.05. The maximum Gasteiger partial charge on any atom is 0.194 e. The Hall–Kier alpha value is -2.93. The number of aliphatic hydroxyl groups excluding tert-OH is 1. The van der Waals surface area contributed by atoms with Crippen LogP contribution in [0.3, 0.4) is 0 Å². The van der Waals surface area contributed by atoms with Crippen LogP contribution in [-0.4, -0.2) is 56.9 Å². The number of nitrogens with zero attached hydrogens (tertiary/aromatic N) is 2. The van der Waals surface area contributed by atoms with E-state index in [1.165, 1.54) is 0 Å². The largest absolute Gasteiger partial charge is 0.497 e. The molecule has 0 aromatic heterocycles. The average Bonchev–Trinajstić information content (AvgIpc) is 2.77. The molecule has 0 radical (unpaired) electrons.